The number of nitrogens with zero attached hydrogens (tertiary/aromatic N) is 4. The molecule has 1 aliphatic rings. The van der Waals surface area contributed by atoms with Gasteiger partial charge in [0.15, 0.2) is 11.6 Å². The second-order valence-electron chi connectivity index (χ2n) is 6.06. The number of phenolic OH excluding ortho intramolecular Hbond substituents is 1. The Bertz CT molecular complexity index is 933. The van der Waals surface area contributed by atoms with E-state index < -0.39 is 0 Å². The van der Waals surface area contributed by atoms with Gasteiger partial charge in [0, 0.05) is 24.8 Å². The van der Waals surface area contributed by atoms with Crippen LogP contribution in [0.3, 0.4) is 0 Å². The molecule has 1 aromatic carbocycles. The number of phenols is 1. The number of halogens is 1. The summed E-state index contributed by atoms with van der Waals surface area (Å²) in [5, 5.41) is 24.0. The molecule has 9 heteroatoms. The summed E-state index contributed by atoms with van der Waals surface area (Å²) in [4.78, 5) is 8.66. The van der Waals surface area contributed by atoms with E-state index in [1.165, 1.54) is 6.20 Å². The molecular formula is C17H18ClN7O. The lowest BCUT2D eigenvalue weighted by Gasteiger charge is -2.13. The largest absolute Gasteiger partial charge is 0.508 e. The first-order chi connectivity index (χ1) is 12.6. The summed E-state index contributed by atoms with van der Waals surface area (Å²) in [7, 11) is 0. The van der Waals surface area contributed by atoms with Crippen LogP contribution in [0.5, 0.6) is 5.75 Å². The summed E-state index contributed by atoms with van der Waals surface area (Å²) < 4.78 is 1.97. The van der Waals surface area contributed by atoms with Crippen molar-refractivity contribution in [2.75, 3.05) is 17.2 Å². The van der Waals surface area contributed by atoms with E-state index in [0.717, 1.165) is 36.6 Å². The average molecular weight is 372 g/mol. The number of benzene rings is 1. The number of aryl methyl sites for hydroxylation is 1. The van der Waals surface area contributed by atoms with Gasteiger partial charge in [-0.3, -0.25) is 4.68 Å². The molecule has 0 amide bonds. The Morgan fingerprint density at radius 3 is 2.96 bits per heavy atom. The molecule has 0 fully saturated rings. The Hall–Kier alpha value is -2.84. The number of hydrogen-bond donors (Lipinski definition) is 4. The monoisotopic (exact) mass is 371 g/mol. The number of nitrogens with one attached hydrogen (secondary N) is 3. The van der Waals surface area contributed by atoms with Crippen LogP contribution in [-0.4, -0.2) is 31.4 Å². The van der Waals surface area contributed by atoms with Crippen LogP contribution in [0.25, 0.3) is 0 Å². The molecule has 4 rings (SSSR count). The average Bonchev–Trinajstić information content (AvgIpc) is 3.02. The second-order valence-corrected chi connectivity index (χ2v) is 6.47. The van der Waals surface area contributed by atoms with Gasteiger partial charge in [-0.25, -0.2) is 4.98 Å². The number of anilines is 4. The third-order valence-electron chi connectivity index (χ3n) is 4.12. The van der Waals surface area contributed by atoms with Gasteiger partial charge in [-0.2, -0.15) is 10.1 Å². The summed E-state index contributed by atoms with van der Waals surface area (Å²) in [6, 6.07) is 7.02. The fraction of sp³-hybridized carbons (Fsp3) is 0.235. The minimum Gasteiger partial charge on any atom is -0.508 e. The van der Waals surface area contributed by atoms with Crippen molar-refractivity contribution in [1.82, 2.24) is 25.1 Å². The van der Waals surface area contributed by atoms with Gasteiger partial charge in [0.2, 0.25) is 5.95 Å². The first kappa shape index (κ1) is 16.6. The number of rotatable bonds is 4. The molecule has 0 radical (unpaired) electrons. The number of hydrogen-bond acceptors (Lipinski definition) is 7. The van der Waals surface area contributed by atoms with Gasteiger partial charge >= 0.3 is 0 Å². The summed E-state index contributed by atoms with van der Waals surface area (Å²) in [5.74, 6) is 1.78. The van der Waals surface area contributed by atoms with Crippen molar-refractivity contribution < 1.29 is 5.11 Å². The molecule has 0 spiro atoms. The van der Waals surface area contributed by atoms with Crippen molar-refractivity contribution in [2.45, 2.75) is 20.0 Å². The van der Waals surface area contributed by atoms with Gasteiger partial charge in [-0.1, -0.05) is 11.6 Å². The van der Waals surface area contributed by atoms with Crippen molar-refractivity contribution in [3.8, 4) is 5.75 Å². The van der Waals surface area contributed by atoms with Gasteiger partial charge in [-0.05, 0) is 30.7 Å². The van der Waals surface area contributed by atoms with E-state index >= 15 is 0 Å². The fourth-order valence-electron chi connectivity index (χ4n) is 2.80. The topological polar surface area (TPSA) is 99.9 Å². The number of fused-ring (bicyclic) bond motifs is 1. The van der Waals surface area contributed by atoms with Crippen LogP contribution in [0.2, 0.25) is 5.02 Å². The fourth-order valence-corrected chi connectivity index (χ4v) is 2.94. The second kappa shape index (κ2) is 6.81. The standard InChI is InChI=1S/C17H18ClN7O/c1-10-6-12(26)2-3-14(10)21-16-13(18)9-20-17(23-16)22-15-7-11-8-19-4-5-25(11)24-15/h2-3,6-7,9,19,26H,4-5,8H2,1H3,(H2,20,21,22,23,24). The number of aromatic nitrogens is 4. The lowest BCUT2D eigenvalue weighted by atomic mass is 10.2. The molecule has 3 aromatic rings. The lowest BCUT2D eigenvalue weighted by Crippen LogP contribution is -2.28. The zero-order valence-electron chi connectivity index (χ0n) is 14.1. The van der Waals surface area contributed by atoms with Crippen LogP contribution in [0.15, 0.2) is 30.5 Å². The van der Waals surface area contributed by atoms with E-state index in [0.29, 0.717) is 22.6 Å². The van der Waals surface area contributed by atoms with Crippen molar-refractivity contribution in [1.29, 1.82) is 0 Å². The Kier molecular flexibility index (Phi) is 4.36. The highest BCUT2D eigenvalue weighted by Crippen LogP contribution is 2.28. The normalized spacial score (nSPS) is 13.3. The SMILES string of the molecule is Cc1cc(O)ccc1Nc1nc(Nc2cc3n(n2)CCNC3)ncc1Cl. The minimum atomic E-state index is 0.211. The maximum atomic E-state index is 9.53. The molecule has 0 unspecified atom stereocenters. The minimum absolute atomic E-state index is 0.211. The van der Waals surface area contributed by atoms with Gasteiger partial charge in [0.1, 0.15) is 10.8 Å². The Morgan fingerprint density at radius 1 is 1.27 bits per heavy atom. The first-order valence-electron chi connectivity index (χ1n) is 8.22. The van der Waals surface area contributed by atoms with Crippen LogP contribution in [0, 0.1) is 6.92 Å². The molecule has 8 nitrogen and oxygen atoms in total. The van der Waals surface area contributed by atoms with E-state index in [4.69, 9.17) is 11.6 Å². The van der Waals surface area contributed by atoms with Crippen molar-refractivity contribution in [3.63, 3.8) is 0 Å². The van der Waals surface area contributed by atoms with Gasteiger partial charge in [0.05, 0.1) is 18.4 Å². The molecule has 0 saturated heterocycles. The maximum absolute atomic E-state index is 9.53. The molecular weight excluding hydrogens is 354 g/mol. The van der Waals surface area contributed by atoms with E-state index in [2.05, 4.69) is 31.0 Å². The van der Waals surface area contributed by atoms with Gasteiger partial charge < -0.3 is 21.1 Å². The molecule has 0 saturated carbocycles. The molecule has 3 heterocycles. The zero-order valence-corrected chi connectivity index (χ0v) is 14.9. The molecule has 134 valence electrons. The molecule has 26 heavy (non-hydrogen) atoms. The highest BCUT2D eigenvalue weighted by atomic mass is 35.5. The summed E-state index contributed by atoms with van der Waals surface area (Å²) in [6.45, 7) is 4.43. The van der Waals surface area contributed by atoms with Crippen LogP contribution < -0.4 is 16.0 Å². The molecule has 4 N–H and O–H groups in total. The molecule has 0 bridgehead atoms. The Labute approximate surface area is 155 Å². The third kappa shape index (κ3) is 3.42. The smallest absolute Gasteiger partial charge is 0.230 e. The lowest BCUT2D eigenvalue weighted by molar-refractivity contribution is 0.475. The van der Waals surface area contributed by atoms with E-state index in [9.17, 15) is 5.11 Å². The van der Waals surface area contributed by atoms with Crippen molar-refractivity contribution >= 4 is 34.9 Å². The van der Waals surface area contributed by atoms with Gasteiger partial charge in [0.25, 0.3) is 0 Å². The van der Waals surface area contributed by atoms with Crippen LogP contribution in [0.1, 0.15) is 11.3 Å². The highest BCUT2D eigenvalue weighted by Gasteiger charge is 2.13. The molecule has 0 aliphatic carbocycles. The molecule has 1 aliphatic heterocycles. The quantitative estimate of drug-likeness (QED) is 0.523. The van der Waals surface area contributed by atoms with E-state index in [1.54, 1.807) is 18.2 Å². The first-order valence-corrected chi connectivity index (χ1v) is 8.60. The van der Waals surface area contributed by atoms with E-state index in [1.807, 2.05) is 17.7 Å². The summed E-state index contributed by atoms with van der Waals surface area (Å²) >= 11 is 6.22. The zero-order chi connectivity index (χ0) is 18.1. The third-order valence-corrected chi connectivity index (χ3v) is 4.39. The van der Waals surface area contributed by atoms with Crippen molar-refractivity contribution in [2.24, 2.45) is 0 Å². The molecule has 0 atom stereocenters. The van der Waals surface area contributed by atoms with Gasteiger partial charge in [-0.15, -0.1) is 0 Å². The van der Waals surface area contributed by atoms with Crippen LogP contribution in [-0.2, 0) is 13.1 Å². The van der Waals surface area contributed by atoms with Crippen molar-refractivity contribution in [3.05, 3.63) is 46.7 Å². The highest BCUT2D eigenvalue weighted by molar-refractivity contribution is 6.32. The van der Waals surface area contributed by atoms with Crippen LogP contribution >= 0.6 is 11.6 Å². The van der Waals surface area contributed by atoms with E-state index in [-0.39, 0.29) is 5.75 Å². The van der Waals surface area contributed by atoms with Crippen LogP contribution in [0.4, 0.5) is 23.3 Å². The predicted molar refractivity (Wildman–Crippen MR) is 100 cm³/mol. The maximum Gasteiger partial charge on any atom is 0.230 e. The molecule has 2 aromatic heterocycles. The Balaban J connectivity index is 1.56. The Morgan fingerprint density at radius 2 is 2.15 bits per heavy atom. The summed E-state index contributed by atoms with van der Waals surface area (Å²) in [5.41, 5.74) is 2.80. The number of aromatic hydroxyl groups is 1. The summed E-state index contributed by atoms with van der Waals surface area (Å²) in [6.07, 6.45) is 1.53. The predicted octanol–water partition coefficient (Wildman–Crippen LogP) is 2.93.